The lowest BCUT2D eigenvalue weighted by Crippen LogP contribution is -2.48. The van der Waals surface area contributed by atoms with E-state index in [0.717, 1.165) is 23.1 Å². The van der Waals surface area contributed by atoms with Crippen LogP contribution in [0, 0.1) is 0 Å². The first-order valence-corrected chi connectivity index (χ1v) is 10.5. The maximum Gasteiger partial charge on any atom is 0.243 e. The van der Waals surface area contributed by atoms with Crippen molar-refractivity contribution >= 4 is 22.4 Å². The number of aryl methyl sites for hydroxylation is 1. The minimum absolute atomic E-state index is 0. The summed E-state index contributed by atoms with van der Waals surface area (Å²) >= 11 is 0. The van der Waals surface area contributed by atoms with Crippen LogP contribution in [0.5, 0.6) is 0 Å². The van der Waals surface area contributed by atoms with Gasteiger partial charge in [0.05, 0.1) is 24.2 Å². The van der Waals surface area contributed by atoms with Crippen LogP contribution in [0.2, 0.25) is 0 Å². The highest BCUT2D eigenvalue weighted by molar-refractivity contribution is 7.89. The van der Waals surface area contributed by atoms with Crippen molar-refractivity contribution in [3.8, 4) is 0 Å². The Morgan fingerprint density at radius 1 is 1.11 bits per heavy atom. The third-order valence-electron chi connectivity index (χ3n) is 5.27. The summed E-state index contributed by atoms with van der Waals surface area (Å²) in [5, 5.41) is 3.33. The molecule has 5 nitrogen and oxygen atoms in total. The monoisotopic (exact) mass is 408 g/mol. The molecular weight excluding hydrogens is 384 g/mol. The van der Waals surface area contributed by atoms with Gasteiger partial charge in [-0.05, 0) is 40.8 Å². The molecule has 0 radical (unpaired) electrons. The molecule has 0 bridgehead atoms. The number of benzene rings is 2. The molecule has 2 aliphatic rings. The van der Waals surface area contributed by atoms with Crippen molar-refractivity contribution in [2.24, 2.45) is 0 Å². The second kappa shape index (κ2) is 8.29. The van der Waals surface area contributed by atoms with Crippen molar-refractivity contribution in [3.63, 3.8) is 0 Å². The molecule has 2 aromatic rings. The van der Waals surface area contributed by atoms with Crippen LogP contribution in [0.4, 0.5) is 0 Å². The third kappa shape index (κ3) is 3.91. The van der Waals surface area contributed by atoms with Gasteiger partial charge in [0.15, 0.2) is 0 Å². The number of halogens is 1. The highest BCUT2D eigenvalue weighted by Gasteiger charge is 2.34. The Balaban J connectivity index is 0.00000210. The van der Waals surface area contributed by atoms with Gasteiger partial charge in [0.1, 0.15) is 0 Å². The van der Waals surface area contributed by atoms with Gasteiger partial charge in [-0.15, -0.1) is 12.4 Å². The van der Waals surface area contributed by atoms with E-state index in [0.29, 0.717) is 37.7 Å². The van der Waals surface area contributed by atoms with E-state index < -0.39 is 10.0 Å². The van der Waals surface area contributed by atoms with E-state index in [4.69, 9.17) is 4.74 Å². The van der Waals surface area contributed by atoms with E-state index in [1.807, 2.05) is 6.07 Å². The van der Waals surface area contributed by atoms with Gasteiger partial charge in [0.2, 0.25) is 10.0 Å². The van der Waals surface area contributed by atoms with Crippen molar-refractivity contribution in [2.45, 2.75) is 37.5 Å². The van der Waals surface area contributed by atoms with Gasteiger partial charge in [0, 0.05) is 19.6 Å². The zero-order valence-corrected chi connectivity index (χ0v) is 17.0. The Kier molecular flexibility index (Phi) is 6.23. The molecular formula is C20H25ClN2O3S. The maximum absolute atomic E-state index is 13.4. The average Bonchev–Trinajstić information content (AvgIpc) is 3.16. The van der Waals surface area contributed by atoms with Gasteiger partial charge in [-0.3, -0.25) is 0 Å². The fourth-order valence-corrected chi connectivity index (χ4v) is 5.34. The average molecular weight is 409 g/mol. The van der Waals surface area contributed by atoms with Crippen LogP contribution in [-0.2, 0) is 34.4 Å². The van der Waals surface area contributed by atoms with Crippen LogP contribution in [0.3, 0.4) is 0 Å². The normalized spacial score (nSPS) is 20.1. The fraction of sp³-hybridized carbons (Fsp3) is 0.400. The molecule has 146 valence electrons. The van der Waals surface area contributed by atoms with Crippen LogP contribution < -0.4 is 5.32 Å². The minimum Gasteiger partial charge on any atom is -0.372 e. The number of hydrogen-bond donors (Lipinski definition) is 1. The standard InChI is InChI=1S/C20H24N2O3S.ClH/c1-2-15-3-5-16(6-4-15)20-12-21-9-10-22(20)26(23,24)19-8-7-17-13-25-14-18(17)11-19;/h3-8,11,20-21H,2,9-10,12-14H2,1H3;1H. The molecule has 0 aliphatic carbocycles. The van der Waals surface area contributed by atoms with E-state index >= 15 is 0 Å². The first kappa shape index (κ1) is 20.3. The summed E-state index contributed by atoms with van der Waals surface area (Å²) < 4.78 is 33.8. The Morgan fingerprint density at radius 3 is 2.59 bits per heavy atom. The lowest BCUT2D eigenvalue weighted by molar-refractivity contribution is 0.134. The SMILES string of the molecule is CCc1ccc(C2CNCCN2S(=O)(=O)c2ccc3c(c2)COC3)cc1.Cl. The van der Waals surface area contributed by atoms with Crippen molar-refractivity contribution in [1.29, 1.82) is 0 Å². The first-order valence-electron chi connectivity index (χ1n) is 9.10. The van der Waals surface area contributed by atoms with Gasteiger partial charge in [-0.1, -0.05) is 37.3 Å². The molecule has 0 spiro atoms. The number of piperazine rings is 1. The summed E-state index contributed by atoms with van der Waals surface area (Å²) in [5.74, 6) is 0. The molecule has 1 saturated heterocycles. The van der Waals surface area contributed by atoms with Crippen LogP contribution in [-0.4, -0.2) is 32.4 Å². The zero-order chi connectivity index (χ0) is 18.1. The third-order valence-corrected chi connectivity index (χ3v) is 7.17. The topological polar surface area (TPSA) is 58.6 Å². The van der Waals surface area contributed by atoms with Crippen molar-refractivity contribution in [3.05, 3.63) is 64.7 Å². The molecule has 2 heterocycles. The second-order valence-corrected chi connectivity index (χ2v) is 8.74. The van der Waals surface area contributed by atoms with Crippen LogP contribution >= 0.6 is 12.4 Å². The highest BCUT2D eigenvalue weighted by atomic mass is 35.5. The van der Waals surface area contributed by atoms with Crippen LogP contribution in [0.1, 0.15) is 35.2 Å². The lowest BCUT2D eigenvalue weighted by Gasteiger charge is -2.35. The number of nitrogens with one attached hydrogen (secondary N) is 1. The molecule has 0 amide bonds. The van der Waals surface area contributed by atoms with Gasteiger partial charge in [0.25, 0.3) is 0 Å². The molecule has 7 heteroatoms. The van der Waals surface area contributed by atoms with Gasteiger partial charge in [-0.2, -0.15) is 4.31 Å². The minimum atomic E-state index is -3.56. The highest BCUT2D eigenvalue weighted by Crippen LogP contribution is 2.31. The maximum atomic E-state index is 13.4. The molecule has 4 rings (SSSR count). The number of fused-ring (bicyclic) bond motifs is 1. The molecule has 0 saturated carbocycles. The second-order valence-electron chi connectivity index (χ2n) is 6.85. The summed E-state index contributed by atoms with van der Waals surface area (Å²) in [5.41, 5.74) is 4.34. The van der Waals surface area contributed by atoms with E-state index in [1.165, 1.54) is 5.56 Å². The van der Waals surface area contributed by atoms with Crippen molar-refractivity contribution in [1.82, 2.24) is 9.62 Å². The Hall–Kier alpha value is -1.44. The first-order chi connectivity index (χ1) is 12.6. The van der Waals surface area contributed by atoms with Gasteiger partial charge >= 0.3 is 0 Å². The molecule has 1 atom stereocenters. The Morgan fingerprint density at radius 2 is 1.85 bits per heavy atom. The number of nitrogens with zero attached hydrogens (tertiary/aromatic N) is 1. The largest absolute Gasteiger partial charge is 0.372 e. The molecule has 27 heavy (non-hydrogen) atoms. The summed E-state index contributed by atoms with van der Waals surface area (Å²) in [7, 11) is -3.56. The van der Waals surface area contributed by atoms with Crippen LogP contribution in [0.15, 0.2) is 47.4 Å². The van der Waals surface area contributed by atoms with Crippen LogP contribution in [0.25, 0.3) is 0 Å². The smallest absolute Gasteiger partial charge is 0.243 e. The predicted molar refractivity (Wildman–Crippen MR) is 108 cm³/mol. The Labute approximate surface area is 167 Å². The van der Waals surface area contributed by atoms with E-state index in [2.05, 4.69) is 36.5 Å². The molecule has 2 aromatic carbocycles. The van der Waals surface area contributed by atoms with Gasteiger partial charge in [-0.25, -0.2) is 8.42 Å². The molecule has 2 aliphatic heterocycles. The molecule has 1 N–H and O–H groups in total. The van der Waals surface area contributed by atoms with E-state index in [1.54, 1.807) is 16.4 Å². The zero-order valence-electron chi connectivity index (χ0n) is 15.3. The summed E-state index contributed by atoms with van der Waals surface area (Å²) in [6, 6.07) is 13.4. The Bertz CT molecular complexity index is 900. The lowest BCUT2D eigenvalue weighted by atomic mass is 10.0. The van der Waals surface area contributed by atoms with Gasteiger partial charge < -0.3 is 10.1 Å². The molecule has 0 aromatic heterocycles. The quantitative estimate of drug-likeness (QED) is 0.844. The van der Waals surface area contributed by atoms with E-state index in [-0.39, 0.29) is 18.4 Å². The number of hydrogen-bond acceptors (Lipinski definition) is 4. The van der Waals surface area contributed by atoms with Crippen molar-refractivity contribution < 1.29 is 13.2 Å². The number of sulfonamides is 1. The number of ether oxygens (including phenoxy) is 1. The van der Waals surface area contributed by atoms with E-state index in [9.17, 15) is 8.42 Å². The summed E-state index contributed by atoms with van der Waals surface area (Å²) in [4.78, 5) is 0.360. The van der Waals surface area contributed by atoms with Crippen molar-refractivity contribution in [2.75, 3.05) is 19.6 Å². The molecule has 1 fully saturated rings. The number of rotatable bonds is 4. The molecule has 1 unspecified atom stereocenters. The fourth-order valence-electron chi connectivity index (χ4n) is 3.68. The summed E-state index contributed by atoms with van der Waals surface area (Å²) in [6.07, 6.45) is 0.975. The predicted octanol–water partition coefficient (Wildman–Crippen LogP) is 3.04. The summed E-state index contributed by atoms with van der Waals surface area (Å²) in [6.45, 7) is 4.93.